The van der Waals surface area contributed by atoms with Gasteiger partial charge >= 0.3 is 0 Å². The van der Waals surface area contributed by atoms with E-state index in [1.165, 1.54) is 6.07 Å². The number of halogens is 3. The Morgan fingerprint density at radius 2 is 2.29 bits per heavy atom. The van der Waals surface area contributed by atoms with Gasteiger partial charge in [0.1, 0.15) is 5.82 Å². The molecule has 114 valence electrons. The Morgan fingerprint density at radius 1 is 1.52 bits per heavy atom. The van der Waals surface area contributed by atoms with Gasteiger partial charge in [0.05, 0.1) is 36.1 Å². The molecule has 1 atom stereocenters. The fourth-order valence-corrected chi connectivity index (χ4v) is 2.77. The molecule has 0 aliphatic rings. The second kappa shape index (κ2) is 7.35. The van der Waals surface area contributed by atoms with E-state index >= 15 is 0 Å². The summed E-state index contributed by atoms with van der Waals surface area (Å²) in [6.45, 7) is 1.05. The maximum atomic E-state index is 14.2. The first kappa shape index (κ1) is 16.4. The largest absolute Gasteiger partial charge is 0.383 e. The molecule has 1 unspecified atom stereocenters. The average Bonchev–Trinajstić information content (AvgIpc) is 2.81. The number of rotatable bonds is 6. The zero-order chi connectivity index (χ0) is 15.4. The van der Waals surface area contributed by atoms with Gasteiger partial charge in [-0.15, -0.1) is 0 Å². The Labute approximate surface area is 136 Å². The molecule has 1 N–H and O–H groups in total. The lowest BCUT2D eigenvalue weighted by atomic mass is 10.0. The van der Waals surface area contributed by atoms with Crippen molar-refractivity contribution in [3.05, 3.63) is 51.0 Å². The van der Waals surface area contributed by atoms with Crippen LogP contribution in [0.5, 0.6) is 0 Å². The highest BCUT2D eigenvalue weighted by Gasteiger charge is 2.23. The molecule has 0 spiro atoms. The monoisotopic (exact) mass is 375 g/mol. The number of methoxy groups -OCH3 is 1. The van der Waals surface area contributed by atoms with Gasteiger partial charge in [-0.1, -0.05) is 33.6 Å². The van der Waals surface area contributed by atoms with Crippen LogP contribution in [0.15, 0.2) is 28.9 Å². The summed E-state index contributed by atoms with van der Waals surface area (Å²) in [5, 5.41) is 7.82. The second-order valence-corrected chi connectivity index (χ2v) is 5.80. The van der Waals surface area contributed by atoms with Crippen LogP contribution in [-0.4, -0.2) is 30.5 Å². The summed E-state index contributed by atoms with van der Waals surface area (Å²) in [7, 11) is 3.38. The van der Waals surface area contributed by atoms with Crippen LogP contribution in [0, 0.1) is 5.82 Å². The SMILES string of the molecule is CNC(c1ccc(Br)cc1F)c1c(Cl)cnn1CCOC. The highest BCUT2D eigenvalue weighted by Crippen LogP contribution is 2.30. The molecule has 1 aromatic carbocycles. The Morgan fingerprint density at radius 3 is 2.90 bits per heavy atom. The minimum atomic E-state index is -0.384. The lowest BCUT2D eigenvalue weighted by Crippen LogP contribution is -2.24. The quantitative estimate of drug-likeness (QED) is 0.840. The molecule has 0 amide bonds. The molecule has 0 saturated carbocycles. The van der Waals surface area contributed by atoms with E-state index in [0.717, 1.165) is 5.69 Å². The van der Waals surface area contributed by atoms with Crippen LogP contribution in [0.1, 0.15) is 17.3 Å². The molecule has 4 nitrogen and oxygen atoms in total. The third-order valence-electron chi connectivity index (χ3n) is 3.18. The maximum Gasteiger partial charge on any atom is 0.129 e. The van der Waals surface area contributed by atoms with Crippen LogP contribution in [0.3, 0.4) is 0 Å². The number of nitrogens with zero attached hydrogens (tertiary/aromatic N) is 2. The topological polar surface area (TPSA) is 39.1 Å². The summed E-state index contributed by atoms with van der Waals surface area (Å²) in [6, 6.07) is 4.57. The lowest BCUT2D eigenvalue weighted by molar-refractivity contribution is 0.182. The standard InChI is InChI=1S/C14H16BrClFN3O/c1-18-13(10-4-3-9(15)7-12(10)17)14-11(16)8-19-20(14)5-6-21-2/h3-4,7-8,13,18H,5-6H2,1-2H3. The summed E-state index contributed by atoms with van der Waals surface area (Å²) < 4.78 is 21.7. The molecular formula is C14H16BrClFN3O. The molecule has 0 saturated heterocycles. The van der Waals surface area contributed by atoms with Crippen LogP contribution < -0.4 is 5.32 Å². The van der Waals surface area contributed by atoms with Gasteiger partial charge < -0.3 is 10.1 Å². The van der Waals surface area contributed by atoms with Gasteiger partial charge in [-0.05, 0) is 19.2 Å². The van der Waals surface area contributed by atoms with E-state index in [4.69, 9.17) is 16.3 Å². The summed E-state index contributed by atoms with van der Waals surface area (Å²) in [5.41, 5.74) is 1.24. The number of hydrogen-bond acceptors (Lipinski definition) is 3. The third kappa shape index (κ3) is 3.63. The number of benzene rings is 1. The number of nitrogens with one attached hydrogen (secondary N) is 1. The lowest BCUT2D eigenvalue weighted by Gasteiger charge is -2.20. The predicted octanol–water partition coefficient (Wildman–Crippen LogP) is 3.39. The van der Waals surface area contributed by atoms with E-state index in [9.17, 15) is 4.39 Å². The molecule has 1 aromatic heterocycles. The summed E-state index contributed by atoms with van der Waals surface area (Å²) in [5.74, 6) is -0.306. The Bertz CT molecular complexity index is 620. The van der Waals surface area contributed by atoms with Gasteiger partial charge in [-0.2, -0.15) is 5.10 Å². The fraction of sp³-hybridized carbons (Fsp3) is 0.357. The minimum Gasteiger partial charge on any atom is -0.383 e. The summed E-state index contributed by atoms with van der Waals surface area (Å²) in [4.78, 5) is 0. The van der Waals surface area contributed by atoms with Crippen LogP contribution in [-0.2, 0) is 11.3 Å². The average molecular weight is 377 g/mol. The molecule has 2 rings (SSSR count). The molecule has 0 radical (unpaired) electrons. The molecule has 0 aliphatic carbocycles. The van der Waals surface area contributed by atoms with Crippen molar-refractivity contribution in [1.29, 1.82) is 0 Å². The van der Waals surface area contributed by atoms with E-state index in [0.29, 0.717) is 28.2 Å². The van der Waals surface area contributed by atoms with Gasteiger partial charge in [0.2, 0.25) is 0 Å². The van der Waals surface area contributed by atoms with Gasteiger partial charge in [0, 0.05) is 17.1 Å². The Kier molecular flexibility index (Phi) is 5.75. The molecule has 0 aliphatic heterocycles. The van der Waals surface area contributed by atoms with Crippen LogP contribution in [0.4, 0.5) is 4.39 Å². The van der Waals surface area contributed by atoms with Crippen molar-refractivity contribution in [1.82, 2.24) is 15.1 Å². The number of aromatic nitrogens is 2. The van der Waals surface area contributed by atoms with Crippen molar-refractivity contribution in [2.75, 3.05) is 20.8 Å². The Hall–Kier alpha value is -0.950. The van der Waals surface area contributed by atoms with Gasteiger partial charge in [-0.3, -0.25) is 4.68 Å². The van der Waals surface area contributed by atoms with Crippen molar-refractivity contribution in [2.24, 2.45) is 0 Å². The molecule has 21 heavy (non-hydrogen) atoms. The minimum absolute atomic E-state index is 0.306. The first-order valence-electron chi connectivity index (χ1n) is 6.40. The van der Waals surface area contributed by atoms with Crippen molar-refractivity contribution >= 4 is 27.5 Å². The molecule has 7 heteroatoms. The molecule has 2 aromatic rings. The Balaban J connectivity index is 2.43. The zero-order valence-electron chi connectivity index (χ0n) is 11.7. The van der Waals surface area contributed by atoms with Gasteiger partial charge in [0.15, 0.2) is 0 Å². The van der Waals surface area contributed by atoms with Gasteiger partial charge in [-0.25, -0.2) is 4.39 Å². The van der Waals surface area contributed by atoms with E-state index in [1.807, 2.05) is 0 Å². The van der Waals surface area contributed by atoms with Crippen molar-refractivity contribution in [3.63, 3.8) is 0 Å². The fourth-order valence-electron chi connectivity index (χ4n) is 2.19. The number of hydrogen-bond donors (Lipinski definition) is 1. The smallest absolute Gasteiger partial charge is 0.129 e. The van der Waals surface area contributed by atoms with Crippen LogP contribution in [0.2, 0.25) is 5.02 Å². The van der Waals surface area contributed by atoms with Crippen LogP contribution >= 0.6 is 27.5 Å². The first-order chi connectivity index (χ1) is 10.1. The summed E-state index contributed by atoms with van der Waals surface area (Å²) >= 11 is 9.49. The van der Waals surface area contributed by atoms with Crippen molar-refractivity contribution in [3.8, 4) is 0 Å². The van der Waals surface area contributed by atoms with Gasteiger partial charge in [0.25, 0.3) is 0 Å². The normalized spacial score (nSPS) is 12.6. The second-order valence-electron chi connectivity index (χ2n) is 4.48. The predicted molar refractivity (Wildman–Crippen MR) is 84.1 cm³/mol. The van der Waals surface area contributed by atoms with Crippen molar-refractivity contribution < 1.29 is 9.13 Å². The highest BCUT2D eigenvalue weighted by molar-refractivity contribution is 9.10. The highest BCUT2D eigenvalue weighted by atomic mass is 79.9. The maximum absolute atomic E-state index is 14.2. The number of ether oxygens (including phenoxy) is 1. The zero-order valence-corrected chi connectivity index (χ0v) is 14.1. The molecule has 1 heterocycles. The molecular weight excluding hydrogens is 361 g/mol. The van der Waals surface area contributed by atoms with E-state index in [1.54, 1.807) is 37.2 Å². The van der Waals surface area contributed by atoms with E-state index in [2.05, 4.69) is 26.3 Å². The first-order valence-corrected chi connectivity index (χ1v) is 7.58. The molecule has 0 bridgehead atoms. The van der Waals surface area contributed by atoms with Crippen molar-refractivity contribution in [2.45, 2.75) is 12.6 Å². The third-order valence-corrected chi connectivity index (χ3v) is 3.96. The van der Waals surface area contributed by atoms with Crippen LogP contribution in [0.25, 0.3) is 0 Å². The van der Waals surface area contributed by atoms with E-state index in [-0.39, 0.29) is 11.9 Å². The molecule has 0 fully saturated rings. The van der Waals surface area contributed by atoms with E-state index < -0.39 is 0 Å². The summed E-state index contributed by atoms with van der Waals surface area (Å²) in [6.07, 6.45) is 1.56.